The Morgan fingerprint density at radius 2 is 2.09 bits per heavy atom. The van der Waals surface area contributed by atoms with Crippen molar-refractivity contribution in [2.24, 2.45) is 0 Å². The van der Waals surface area contributed by atoms with Crippen LogP contribution in [0.25, 0.3) is 10.6 Å². The Kier molecular flexibility index (Phi) is 6.87. The van der Waals surface area contributed by atoms with Crippen molar-refractivity contribution in [1.82, 2.24) is 20.1 Å². The van der Waals surface area contributed by atoms with Gasteiger partial charge >= 0.3 is 0 Å². The molecule has 2 fully saturated rings. The molecule has 0 bridgehead atoms. The van der Waals surface area contributed by atoms with Crippen molar-refractivity contribution in [3.8, 4) is 22.1 Å². The van der Waals surface area contributed by atoms with Gasteiger partial charge in [-0.3, -0.25) is 19.9 Å². The second-order valence-electron chi connectivity index (χ2n) is 8.34. The number of ether oxygens (including phenoxy) is 3. The van der Waals surface area contributed by atoms with E-state index < -0.39 is 0 Å². The second kappa shape index (κ2) is 10.4. The molecule has 11 heteroatoms. The topological polar surface area (TPSA) is 116 Å². The van der Waals surface area contributed by atoms with Crippen LogP contribution in [0.15, 0.2) is 42.7 Å². The minimum absolute atomic E-state index is 0.0467. The Morgan fingerprint density at radius 3 is 2.86 bits per heavy atom. The second-order valence-corrected chi connectivity index (χ2v) is 9.32. The van der Waals surface area contributed by atoms with Gasteiger partial charge in [-0.2, -0.15) is 0 Å². The van der Waals surface area contributed by atoms with E-state index in [4.69, 9.17) is 14.2 Å². The smallest absolute Gasteiger partial charge is 0.245 e. The Bertz CT molecular complexity index is 1200. The quantitative estimate of drug-likeness (QED) is 0.507. The van der Waals surface area contributed by atoms with E-state index in [-0.39, 0.29) is 30.6 Å². The third kappa shape index (κ3) is 5.41. The van der Waals surface area contributed by atoms with Crippen molar-refractivity contribution in [2.75, 3.05) is 32.1 Å². The van der Waals surface area contributed by atoms with E-state index in [1.165, 1.54) is 11.3 Å². The molecule has 35 heavy (non-hydrogen) atoms. The molecule has 0 radical (unpaired) electrons. The van der Waals surface area contributed by atoms with Gasteiger partial charge in [-0.05, 0) is 36.2 Å². The molecule has 0 saturated carbocycles. The molecule has 2 atom stereocenters. The summed E-state index contributed by atoms with van der Waals surface area (Å²) in [4.78, 5) is 30.8. The van der Waals surface area contributed by atoms with Crippen molar-refractivity contribution >= 4 is 28.3 Å². The first-order valence-corrected chi connectivity index (χ1v) is 12.2. The molecule has 2 saturated heterocycles. The molecular formula is C24H25N5O5S. The summed E-state index contributed by atoms with van der Waals surface area (Å²) in [7, 11) is 1.59. The highest BCUT2D eigenvalue weighted by molar-refractivity contribution is 7.18. The van der Waals surface area contributed by atoms with E-state index in [1.54, 1.807) is 24.4 Å². The third-order valence-corrected chi connectivity index (χ3v) is 6.84. The average molecular weight is 496 g/mol. The minimum atomic E-state index is -0.312. The van der Waals surface area contributed by atoms with Gasteiger partial charge in [-0.15, -0.1) is 10.2 Å². The van der Waals surface area contributed by atoms with Crippen molar-refractivity contribution in [3.63, 3.8) is 0 Å². The number of pyridine rings is 1. The number of amides is 2. The molecule has 1 unspecified atom stereocenters. The highest BCUT2D eigenvalue weighted by Gasteiger charge is 2.32. The van der Waals surface area contributed by atoms with Gasteiger partial charge in [-0.1, -0.05) is 17.4 Å². The highest BCUT2D eigenvalue weighted by Crippen LogP contribution is 2.36. The normalized spacial score (nSPS) is 19.7. The van der Waals surface area contributed by atoms with Crippen LogP contribution in [0.4, 0.5) is 5.13 Å². The van der Waals surface area contributed by atoms with Gasteiger partial charge < -0.3 is 19.1 Å². The maximum absolute atomic E-state index is 12.7. The number of benzene rings is 1. The fourth-order valence-electron chi connectivity index (χ4n) is 4.19. The summed E-state index contributed by atoms with van der Waals surface area (Å²) in [6.07, 6.45) is 5.17. The molecule has 4 heterocycles. The van der Waals surface area contributed by atoms with E-state index in [0.29, 0.717) is 41.2 Å². The number of nitrogens with zero attached hydrogens (tertiary/aromatic N) is 4. The summed E-state index contributed by atoms with van der Waals surface area (Å²) in [5, 5.41) is 12.0. The van der Waals surface area contributed by atoms with Crippen molar-refractivity contribution in [2.45, 2.75) is 31.5 Å². The molecule has 3 aromatic rings. The van der Waals surface area contributed by atoms with E-state index >= 15 is 0 Å². The maximum atomic E-state index is 12.7. The van der Waals surface area contributed by atoms with Gasteiger partial charge in [0.15, 0.2) is 17.8 Å². The van der Waals surface area contributed by atoms with Crippen LogP contribution in [0.2, 0.25) is 0 Å². The molecule has 0 aliphatic carbocycles. The monoisotopic (exact) mass is 495 g/mol. The average Bonchev–Trinajstić information content (AvgIpc) is 3.62. The van der Waals surface area contributed by atoms with E-state index in [1.807, 2.05) is 30.3 Å². The lowest BCUT2D eigenvalue weighted by atomic mass is 9.98. The SMILES string of the molecule is COc1ccc([C@@H]2CC(=O)N(CC(=O)Nc3nnc(-c4ccncc4)s3)C2)cc1OC1CCCO1. The fourth-order valence-corrected chi connectivity index (χ4v) is 4.95. The summed E-state index contributed by atoms with van der Waals surface area (Å²) < 4.78 is 17.0. The summed E-state index contributed by atoms with van der Waals surface area (Å²) in [6.45, 7) is 1.08. The standard InChI is InChI=1S/C24H25N5O5S/c1-32-18-5-4-16(11-19(18)34-22-3-2-10-33-22)17-12-21(31)29(13-17)14-20(30)26-24-28-27-23(35-24)15-6-8-25-9-7-15/h4-9,11,17,22H,2-3,10,12-14H2,1H3,(H,26,28,30)/t17-,22?/m1/s1. The molecular weight excluding hydrogens is 470 g/mol. The van der Waals surface area contributed by atoms with Crippen LogP contribution in [0, 0.1) is 0 Å². The predicted octanol–water partition coefficient (Wildman–Crippen LogP) is 3.08. The van der Waals surface area contributed by atoms with Crippen LogP contribution in [-0.2, 0) is 14.3 Å². The zero-order valence-electron chi connectivity index (χ0n) is 19.2. The van der Waals surface area contributed by atoms with Crippen LogP contribution in [0.5, 0.6) is 11.5 Å². The first kappa shape index (κ1) is 23.2. The number of likely N-dealkylation sites (tertiary alicyclic amines) is 1. The van der Waals surface area contributed by atoms with Crippen molar-refractivity contribution in [1.29, 1.82) is 0 Å². The lowest BCUT2D eigenvalue weighted by Gasteiger charge is -2.19. The van der Waals surface area contributed by atoms with Crippen LogP contribution < -0.4 is 14.8 Å². The van der Waals surface area contributed by atoms with E-state index in [9.17, 15) is 9.59 Å². The zero-order valence-corrected chi connectivity index (χ0v) is 20.0. The molecule has 182 valence electrons. The molecule has 2 amide bonds. The van der Waals surface area contributed by atoms with Gasteiger partial charge in [-0.25, -0.2) is 0 Å². The number of aromatic nitrogens is 3. The molecule has 2 aliphatic rings. The minimum Gasteiger partial charge on any atom is -0.493 e. The van der Waals surface area contributed by atoms with Crippen molar-refractivity contribution < 1.29 is 23.8 Å². The largest absolute Gasteiger partial charge is 0.493 e. The number of nitrogens with one attached hydrogen (secondary N) is 1. The number of methoxy groups -OCH3 is 1. The zero-order chi connectivity index (χ0) is 24.2. The Hall–Kier alpha value is -3.57. The summed E-state index contributed by atoms with van der Waals surface area (Å²) >= 11 is 1.27. The van der Waals surface area contributed by atoms with E-state index in [2.05, 4.69) is 20.5 Å². The molecule has 5 rings (SSSR count). The molecule has 1 N–H and O–H groups in total. The maximum Gasteiger partial charge on any atom is 0.245 e. The predicted molar refractivity (Wildman–Crippen MR) is 128 cm³/mol. The van der Waals surface area contributed by atoms with Gasteiger partial charge in [0, 0.05) is 43.3 Å². The lowest BCUT2D eigenvalue weighted by Crippen LogP contribution is -2.34. The number of rotatable bonds is 8. The van der Waals surface area contributed by atoms with Crippen LogP contribution in [0.3, 0.4) is 0 Å². The highest BCUT2D eigenvalue weighted by atomic mass is 32.1. The van der Waals surface area contributed by atoms with Gasteiger partial charge in [0.2, 0.25) is 16.9 Å². The van der Waals surface area contributed by atoms with E-state index in [0.717, 1.165) is 24.0 Å². The van der Waals surface area contributed by atoms with Crippen LogP contribution in [0.1, 0.15) is 30.7 Å². The molecule has 2 aromatic heterocycles. The van der Waals surface area contributed by atoms with Crippen molar-refractivity contribution in [3.05, 3.63) is 48.3 Å². The third-order valence-electron chi connectivity index (χ3n) is 5.95. The number of anilines is 1. The van der Waals surface area contributed by atoms with Gasteiger partial charge in [0.05, 0.1) is 20.3 Å². The number of carbonyl (C=O) groups is 2. The number of hydrogen-bond donors (Lipinski definition) is 1. The summed E-state index contributed by atoms with van der Waals surface area (Å²) in [6, 6.07) is 9.33. The number of carbonyl (C=O) groups excluding carboxylic acids is 2. The number of hydrogen-bond acceptors (Lipinski definition) is 9. The molecule has 2 aliphatic heterocycles. The van der Waals surface area contributed by atoms with Gasteiger partial charge in [0.1, 0.15) is 5.01 Å². The van der Waals surface area contributed by atoms with Crippen LogP contribution >= 0.6 is 11.3 Å². The van der Waals surface area contributed by atoms with Crippen LogP contribution in [-0.4, -0.2) is 65.0 Å². The summed E-state index contributed by atoms with van der Waals surface area (Å²) in [5.41, 5.74) is 1.83. The Balaban J connectivity index is 1.20. The van der Waals surface area contributed by atoms with Gasteiger partial charge in [0.25, 0.3) is 0 Å². The Morgan fingerprint density at radius 1 is 1.23 bits per heavy atom. The molecule has 0 spiro atoms. The Labute approximate surface area is 206 Å². The molecule has 1 aromatic carbocycles. The lowest BCUT2D eigenvalue weighted by molar-refractivity contribution is -0.131. The first-order chi connectivity index (χ1) is 17.1. The summed E-state index contributed by atoms with van der Waals surface area (Å²) in [5.74, 6) is 0.786. The molecule has 10 nitrogen and oxygen atoms in total. The fraction of sp³-hybridized carbons (Fsp3) is 0.375. The first-order valence-electron chi connectivity index (χ1n) is 11.4.